The van der Waals surface area contributed by atoms with Crippen molar-refractivity contribution in [2.75, 3.05) is 12.4 Å². The van der Waals surface area contributed by atoms with Gasteiger partial charge in [-0.25, -0.2) is 0 Å². The molecule has 0 bridgehead atoms. The molecule has 3 aromatic carbocycles. The Morgan fingerprint density at radius 2 is 1.71 bits per heavy atom. The topological polar surface area (TPSA) is 39.7 Å². The van der Waals surface area contributed by atoms with E-state index in [2.05, 4.69) is 44.3 Å². The first-order chi connectivity index (χ1) is 14.9. The van der Waals surface area contributed by atoms with Gasteiger partial charge in [-0.3, -0.25) is 0 Å². The number of fused-ring (bicyclic) bond motifs is 5. The standard InChI is InChI=1S/C27H27NO3/c1-17-14-27(2,3)28-24-12-11-21-22-10-9-20(13-25(22)31-16-23(21)26(17)24)30-15-18-5-7-19(29-4)8-6-18/h5-13,16,28H,14-15H2,1-4H3. The van der Waals surface area contributed by atoms with Gasteiger partial charge in [0.05, 0.1) is 13.4 Å². The Hall–Kier alpha value is -3.40. The van der Waals surface area contributed by atoms with E-state index in [-0.39, 0.29) is 5.54 Å². The summed E-state index contributed by atoms with van der Waals surface area (Å²) >= 11 is 0. The Balaban J connectivity index is 1.44. The Labute approximate surface area is 182 Å². The van der Waals surface area contributed by atoms with Gasteiger partial charge < -0.3 is 19.5 Å². The van der Waals surface area contributed by atoms with Crippen LogP contribution in [0.4, 0.5) is 5.69 Å². The van der Waals surface area contributed by atoms with E-state index in [1.165, 1.54) is 22.0 Å². The zero-order chi connectivity index (χ0) is 21.6. The van der Waals surface area contributed by atoms with Crippen LogP contribution in [0.5, 0.6) is 17.2 Å². The third kappa shape index (κ3) is 3.63. The average molecular weight is 414 g/mol. The molecule has 0 aromatic heterocycles. The third-order valence-corrected chi connectivity index (χ3v) is 5.96. The number of hydrogen-bond acceptors (Lipinski definition) is 4. The van der Waals surface area contributed by atoms with Gasteiger partial charge in [-0.15, -0.1) is 0 Å². The van der Waals surface area contributed by atoms with E-state index in [4.69, 9.17) is 14.2 Å². The zero-order valence-electron chi connectivity index (χ0n) is 18.4. The van der Waals surface area contributed by atoms with Crippen LogP contribution < -0.4 is 30.0 Å². The molecule has 0 amide bonds. The molecule has 2 aliphatic rings. The summed E-state index contributed by atoms with van der Waals surface area (Å²) < 4.78 is 17.3. The number of methoxy groups -OCH3 is 1. The fraction of sp³-hybridized carbons (Fsp3) is 0.259. The molecule has 2 heterocycles. The summed E-state index contributed by atoms with van der Waals surface area (Å²) in [6.45, 7) is 7.19. The van der Waals surface area contributed by atoms with Gasteiger partial charge in [0.25, 0.3) is 0 Å². The summed E-state index contributed by atoms with van der Waals surface area (Å²) in [7, 11) is 1.67. The van der Waals surface area contributed by atoms with Crippen LogP contribution in [-0.2, 0) is 6.61 Å². The van der Waals surface area contributed by atoms with Crippen LogP contribution in [-0.4, -0.2) is 12.6 Å². The molecule has 0 saturated heterocycles. The Bertz CT molecular complexity index is 1270. The van der Waals surface area contributed by atoms with Crippen LogP contribution in [0.2, 0.25) is 0 Å². The number of nitrogens with one attached hydrogen (secondary N) is 1. The van der Waals surface area contributed by atoms with E-state index in [9.17, 15) is 0 Å². The molecule has 0 unspecified atom stereocenters. The fourth-order valence-electron chi connectivity index (χ4n) is 4.62. The number of ether oxygens (including phenoxy) is 3. The molecule has 4 heteroatoms. The van der Waals surface area contributed by atoms with Crippen molar-refractivity contribution in [3.8, 4) is 28.4 Å². The molecule has 4 nitrogen and oxygen atoms in total. The highest BCUT2D eigenvalue weighted by Crippen LogP contribution is 2.35. The van der Waals surface area contributed by atoms with Crippen molar-refractivity contribution in [3.05, 3.63) is 70.6 Å². The molecule has 3 aromatic rings. The second-order valence-corrected chi connectivity index (χ2v) is 8.95. The minimum Gasteiger partial charge on any atom is -0.497 e. The van der Waals surface area contributed by atoms with Crippen molar-refractivity contribution >= 4 is 17.5 Å². The summed E-state index contributed by atoms with van der Waals surface area (Å²) in [5.74, 6) is 2.45. The van der Waals surface area contributed by atoms with Gasteiger partial charge in [-0.2, -0.15) is 0 Å². The monoisotopic (exact) mass is 413 g/mol. The van der Waals surface area contributed by atoms with Crippen molar-refractivity contribution in [1.82, 2.24) is 0 Å². The summed E-state index contributed by atoms with van der Waals surface area (Å²) in [6.07, 6.45) is 2.89. The number of anilines is 1. The van der Waals surface area contributed by atoms with Crippen LogP contribution in [0.3, 0.4) is 0 Å². The van der Waals surface area contributed by atoms with E-state index in [1.807, 2.05) is 42.7 Å². The molecule has 5 rings (SSSR count). The van der Waals surface area contributed by atoms with Gasteiger partial charge in [-0.1, -0.05) is 23.8 Å². The molecule has 31 heavy (non-hydrogen) atoms. The minimum absolute atomic E-state index is 0.0644. The lowest BCUT2D eigenvalue weighted by atomic mass is 9.87. The van der Waals surface area contributed by atoms with Gasteiger partial charge in [0.1, 0.15) is 23.9 Å². The highest BCUT2D eigenvalue weighted by molar-refractivity contribution is 5.78. The molecular formula is C27H27NO3. The zero-order valence-corrected chi connectivity index (χ0v) is 18.4. The fourth-order valence-corrected chi connectivity index (χ4v) is 4.62. The lowest BCUT2D eigenvalue weighted by Crippen LogP contribution is -2.44. The quantitative estimate of drug-likeness (QED) is 0.665. The molecule has 0 atom stereocenters. The van der Waals surface area contributed by atoms with E-state index >= 15 is 0 Å². The van der Waals surface area contributed by atoms with E-state index in [0.29, 0.717) is 6.61 Å². The smallest absolute Gasteiger partial charge is 0.138 e. The van der Waals surface area contributed by atoms with Gasteiger partial charge in [0, 0.05) is 33.3 Å². The maximum atomic E-state index is 6.08. The molecule has 1 N–H and O–H groups in total. The molecule has 2 aliphatic heterocycles. The van der Waals surface area contributed by atoms with Gasteiger partial charge in [-0.05, 0) is 68.7 Å². The van der Waals surface area contributed by atoms with Crippen molar-refractivity contribution < 1.29 is 14.2 Å². The van der Waals surface area contributed by atoms with Crippen LogP contribution in [0.15, 0.2) is 54.6 Å². The molecule has 0 radical (unpaired) electrons. The lowest BCUT2D eigenvalue weighted by molar-refractivity contribution is 0.305. The highest BCUT2D eigenvalue weighted by atomic mass is 16.5. The molecule has 0 fully saturated rings. The second-order valence-electron chi connectivity index (χ2n) is 8.95. The predicted octanol–water partition coefficient (Wildman–Crippen LogP) is 4.84. The second kappa shape index (κ2) is 7.38. The van der Waals surface area contributed by atoms with Crippen LogP contribution >= 0.6 is 0 Å². The first-order valence-corrected chi connectivity index (χ1v) is 10.6. The highest BCUT2D eigenvalue weighted by Gasteiger charge is 2.25. The van der Waals surface area contributed by atoms with Crippen molar-refractivity contribution in [2.24, 2.45) is 0 Å². The van der Waals surface area contributed by atoms with Crippen LogP contribution in [0.25, 0.3) is 23.0 Å². The summed E-state index contributed by atoms with van der Waals surface area (Å²) in [5.41, 5.74) is 6.00. The largest absolute Gasteiger partial charge is 0.497 e. The maximum Gasteiger partial charge on any atom is 0.138 e. The van der Waals surface area contributed by atoms with E-state index in [1.54, 1.807) is 7.11 Å². The van der Waals surface area contributed by atoms with E-state index < -0.39 is 0 Å². The predicted molar refractivity (Wildman–Crippen MR) is 125 cm³/mol. The Morgan fingerprint density at radius 3 is 2.48 bits per heavy atom. The third-order valence-electron chi connectivity index (χ3n) is 5.96. The van der Waals surface area contributed by atoms with Crippen LogP contribution in [0, 0.1) is 0 Å². The number of rotatable bonds is 4. The molecule has 158 valence electrons. The van der Waals surface area contributed by atoms with Crippen LogP contribution in [0.1, 0.15) is 32.8 Å². The van der Waals surface area contributed by atoms with Gasteiger partial charge >= 0.3 is 0 Å². The number of benzene rings is 3. The lowest BCUT2D eigenvalue weighted by Gasteiger charge is -2.33. The molecule has 0 spiro atoms. The molecule has 0 aliphatic carbocycles. The van der Waals surface area contributed by atoms with Crippen molar-refractivity contribution in [1.29, 1.82) is 0 Å². The summed E-state index contributed by atoms with van der Waals surface area (Å²) in [4.78, 5) is 0. The first kappa shape index (κ1) is 19.6. The SMILES string of the molecule is COc1ccc(COc2ccc3c(c2)OC=c2c-3ccc3c2=C(C)CC(C)(C)N3)cc1. The van der Waals surface area contributed by atoms with Crippen molar-refractivity contribution in [3.63, 3.8) is 0 Å². The van der Waals surface area contributed by atoms with E-state index in [0.717, 1.165) is 40.0 Å². The molecule has 0 saturated carbocycles. The molecular weight excluding hydrogens is 386 g/mol. The Kier molecular flexibility index (Phi) is 4.66. The number of hydrogen-bond donors (Lipinski definition) is 1. The normalized spacial score (nSPS) is 15.4. The van der Waals surface area contributed by atoms with Crippen molar-refractivity contribution in [2.45, 2.75) is 39.3 Å². The summed E-state index contributed by atoms with van der Waals surface area (Å²) in [6, 6.07) is 18.3. The maximum absolute atomic E-state index is 6.08. The minimum atomic E-state index is 0.0644. The first-order valence-electron chi connectivity index (χ1n) is 10.6. The Morgan fingerprint density at radius 1 is 0.968 bits per heavy atom. The van der Waals surface area contributed by atoms with Gasteiger partial charge in [0.2, 0.25) is 0 Å². The van der Waals surface area contributed by atoms with Gasteiger partial charge in [0.15, 0.2) is 0 Å². The summed E-state index contributed by atoms with van der Waals surface area (Å²) in [5, 5.41) is 6.08. The average Bonchev–Trinajstić information content (AvgIpc) is 2.76.